The Balaban J connectivity index is 1.36. The van der Waals surface area contributed by atoms with Gasteiger partial charge in [0.15, 0.2) is 0 Å². The van der Waals surface area contributed by atoms with Gasteiger partial charge in [-0.15, -0.1) is 0 Å². The van der Waals surface area contributed by atoms with Gasteiger partial charge in [-0.3, -0.25) is 0 Å². The van der Waals surface area contributed by atoms with Gasteiger partial charge in [0, 0.05) is 0 Å². The molecule has 37 heavy (non-hydrogen) atoms. The quantitative estimate of drug-likeness (QED) is 0.165. The molecule has 0 N–H and O–H groups in total. The molecule has 3 atom stereocenters. The van der Waals surface area contributed by atoms with Gasteiger partial charge in [0.1, 0.15) is 0 Å². The SMILES string of the molecule is IP(CCCCC1OCCOC1CC1COCCO1)(c1ccccc1)(c1ccccc1)c1ccccc1. The first kappa shape index (κ1) is 27.2. The Morgan fingerprint density at radius 3 is 1.65 bits per heavy atom. The molecular formula is C31H38IO4P. The minimum atomic E-state index is -2.72. The molecule has 5 rings (SSSR count). The van der Waals surface area contributed by atoms with Crippen molar-refractivity contribution in [1.82, 2.24) is 0 Å². The Labute approximate surface area is 234 Å². The summed E-state index contributed by atoms with van der Waals surface area (Å²) in [6.45, 7) is 3.35. The van der Waals surface area contributed by atoms with Gasteiger partial charge < -0.3 is 0 Å². The molecule has 2 saturated heterocycles. The second kappa shape index (κ2) is 12.7. The van der Waals surface area contributed by atoms with E-state index in [4.69, 9.17) is 18.9 Å². The number of rotatable bonds is 10. The third-order valence-electron chi connectivity index (χ3n) is 7.74. The van der Waals surface area contributed by atoms with Crippen molar-refractivity contribution in [2.75, 3.05) is 39.2 Å². The molecule has 2 aliphatic rings. The van der Waals surface area contributed by atoms with Crippen molar-refractivity contribution in [1.29, 1.82) is 0 Å². The molecule has 2 heterocycles. The normalized spacial score (nSPS) is 23.7. The Hall–Kier alpha value is -1.34. The van der Waals surface area contributed by atoms with Crippen molar-refractivity contribution in [3.05, 3.63) is 91.0 Å². The molecule has 0 amide bonds. The molecule has 0 aromatic heterocycles. The van der Waals surface area contributed by atoms with E-state index in [1.165, 1.54) is 15.9 Å². The molecule has 0 saturated carbocycles. The zero-order chi connectivity index (χ0) is 25.4. The van der Waals surface area contributed by atoms with Crippen LogP contribution < -0.4 is 15.9 Å². The molecule has 6 heteroatoms. The van der Waals surface area contributed by atoms with E-state index in [9.17, 15) is 0 Å². The second-order valence-electron chi connectivity index (χ2n) is 10.0. The molecule has 0 spiro atoms. The minimum absolute atomic E-state index is 0.0765. The Kier molecular flexibility index (Phi) is 9.33. The summed E-state index contributed by atoms with van der Waals surface area (Å²) < 4.78 is 21.2. The van der Waals surface area contributed by atoms with Crippen LogP contribution in [0.25, 0.3) is 0 Å². The molecule has 3 aromatic carbocycles. The maximum absolute atomic E-state index is 6.23. The van der Waals surface area contributed by atoms with Crippen molar-refractivity contribution in [2.24, 2.45) is 0 Å². The topological polar surface area (TPSA) is 36.9 Å². The van der Waals surface area contributed by atoms with Crippen molar-refractivity contribution in [3.8, 4) is 0 Å². The van der Waals surface area contributed by atoms with Crippen molar-refractivity contribution in [2.45, 2.75) is 44.0 Å². The monoisotopic (exact) mass is 632 g/mol. The van der Waals surface area contributed by atoms with Gasteiger partial charge in [0.05, 0.1) is 0 Å². The number of halogens is 1. The number of ether oxygens (including phenoxy) is 4. The van der Waals surface area contributed by atoms with Crippen LogP contribution in [0.1, 0.15) is 25.7 Å². The average molecular weight is 633 g/mol. The molecule has 0 aliphatic carbocycles. The molecule has 3 unspecified atom stereocenters. The molecule has 0 bridgehead atoms. The number of unbranched alkanes of at least 4 members (excludes halogenated alkanes) is 1. The summed E-state index contributed by atoms with van der Waals surface area (Å²) in [6.07, 6.45) is 5.47. The fraction of sp³-hybridized carbons (Fsp3) is 0.419. The van der Waals surface area contributed by atoms with Crippen molar-refractivity contribution < 1.29 is 18.9 Å². The predicted molar refractivity (Wildman–Crippen MR) is 163 cm³/mol. The van der Waals surface area contributed by atoms with Crippen LogP contribution in [0, 0.1) is 0 Å². The van der Waals surface area contributed by atoms with Gasteiger partial charge in [0.25, 0.3) is 0 Å². The van der Waals surface area contributed by atoms with Crippen LogP contribution in [0.15, 0.2) is 91.0 Å². The first-order valence-electron chi connectivity index (χ1n) is 13.5. The molecule has 198 valence electrons. The van der Waals surface area contributed by atoms with Crippen molar-refractivity contribution in [3.63, 3.8) is 0 Å². The summed E-state index contributed by atoms with van der Waals surface area (Å²) in [5.74, 6) is 0. The summed E-state index contributed by atoms with van der Waals surface area (Å²) >= 11 is 2.88. The van der Waals surface area contributed by atoms with Gasteiger partial charge in [-0.2, -0.15) is 0 Å². The summed E-state index contributed by atoms with van der Waals surface area (Å²) in [6, 6.07) is 33.5. The van der Waals surface area contributed by atoms with Crippen LogP contribution in [0.5, 0.6) is 0 Å². The van der Waals surface area contributed by atoms with E-state index in [0.717, 1.165) is 31.8 Å². The van der Waals surface area contributed by atoms with Gasteiger partial charge in [-0.25, -0.2) is 0 Å². The van der Waals surface area contributed by atoms with E-state index < -0.39 is 4.25 Å². The van der Waals surface area contributed by atoms with Crippen LogP contribution >= 0.6 is 26.3 Å². The Morgan fingerprint density at radius 1 is 0.622 bits per heavy atom. The van der Waals surface area contributed by atoms with Gasteiger partial charge >= 0.3 is 235 Å². The molecule has 0 radical (unpaired) electrons. The van der Waals surface area contributed by atoms with E-state index in [2.05, 4.69) is 113 Å². The average Bonchev–Trinajstić information content (AvgIpc) is 2.98. The van der Waals surface area contributed by atoms with Gasteiger partial charge in [-0.1, -0.05) is 0 Å². The summed E-state index contributed by atoms with van der Waals surface area (Å²) in [5.41, 5.74) is 0. The van der Waals surface area contributed by atoms with Gasteiger partial charge in [-0.05, 0) is 0 Å². The van der Waals surface area contributed by atoms with Gasteiger partial charge in [0.2, 0.25) is 0 Å². The summed E-state index contributed by atoms with van der Waals surface area (Å²) in [7, 11) is 0. The molecule has 2 fully saturated rings. The van der Waals surface area contributed by atoms with E-state index in [0.29, 0.717) is 33.0 Å². The zero-order valence-corrected chi connectivity index (χ0v) is 24.5. The Morgan fingerprint density at radius 2 is 1.14 bits per heavy atom. The summed E-state index contributed by atoms with van der Waals surface area (Å²) in [4.78, 5) is 0. The molecular weight excluding hydrogens is 594 g/mol. The maximum atomic E-state index is 6.23. The standard InChI is InChI=1S/C31H38IO4P/c32-37(27-12-4-1-5-13-27,28-14-6-2-7-15-28,29-16-8-3-9-17-29)23-11-10-18-30-31(36-22-21-35-30)24-26-25-33-19-20-34-26/h1-9,12-17,26,30-31H,10-11,18-25H2. The van der Waals surface area contributed by atoms with Crippen LogP contribution in [-0.2, 0) is 18.9 Å². The van der Waals surface area contributed by atoms with Crippen LogP contribution in [0.2, 0.25) is 0 Å². The van der Waals surface area contributed by atoms with Crippen LogP contribution in [-0.4, -0.2) is 57.5 Å². The third kappa shape index (κ3) is 5.98. The molecule has 4 nitrogen and oxygen atoms in total. The fourth-order valence-electron chi connectivity index (χ4n) is 5.84. The second-order valence-corrected chi connectivity index (χ2v) is 20.8. The first-order chi connectivity index (χ1) is 18.2. The van der Waals surface area contributed by atoms with E-state index in [1.54, 1.807) is 0 Å². The number of hydrogen-bond donors (Lipinski definition) is 0. The van der Waals surface area contributed by atoms with E-state index in [-0.39, 0.29) is 18.3 Å². The van der Waals surface area contributed by atoms with Crippen LogP contribution in [0.3, 0.4) is 0 Å². The van der Waals surface area contributed by atoms with Crippen LogP contribution in [0.4, 0.5) is 0 Å². The van der Waals surface area contributed by atoms with E-state index >= 15 is 0 Å². The van der Waals surface area contributed by atoms with E-state index in [1.807, 2.05) is 0 Å². The summed E-state index contributed by atoms with van der Waals surface area (Å²) in [5, 5.41) is 4.32. The number of benzene rings is 3. The molecule has 2 aliphatic heterocycles. The zero-order valence-electron chi connectivity index (χ0n) is 21.4. The predicted octanol–water partition coefficient (Wildman–Crippen LogP) is 5.63. The number of hydrogen-bond acceptors (Lipinski definition) is 4. The first-order valence-corrected chi connectivity index (χ1v) is 18.7. The molecule has 3 aromatic rings. The van der Waals surface area contributed by atoms with Crippen molar-refractivity contribution >= 4 is 42.2 Å². The third-order valence-corrected chi connectivity index (χ3v) is 19.5. The Bertz CT molecular complexity index is 993. The fourth-order valence-corrected chi connectivity index (χ4v) is 14.6.